The number of Topliss-reactive ketones (excluding diaryl/α,β-unsaturated/α-hetero) is 1. The van der Waals surface area contributed by atoms with Gasteiger partial charge in [-0.2, -0.15) is 0 Å². The maximum atomic E-state index is 13.0. The number of hydrogen-bond donors (Lipinski definition) is 1. The molecule has 4 rings (SSSR count). The van der Waals surface area contributed by atoms with Crippen LogP contribution in [0.5, 0.6) is 0 Å². The van der Waals surface area contributed by atoms with Gasteiger partial charge in [0.1, 0.15) is 11.1 Å². The van der Waals surface area contributed by atoms with Crippen LogP contribution in [-0.4, -0.2) is 23.3 Å². The van der Waals surface area contributed by atoms with Crippen molar-refractivity contribution < 1.29 is 19.1 Å². The molecule has 3 aromatic rings. The summed E-state index contributed by atoms with van der Waals surface area (Å²) in [5, 5.41) is 11.8. The van der Waals surface area contributed by atoms with E-state index in [1.807, 2.05) is 6.92 Å². The molecule has 0 radical (unpaired) electrons. The first kappa shape index (κ1) is 18.1. The fourth-order valence-electron chi connectivity index (χ4n) is 3.71. The van der Waals surface area contributed by atoms with Crippen LogP contribution in [0.15, 0.2) is 63.8 Å². The van der Waals surface area contributed by atoms with Gasteiger partial charge in [0, 0.05) is 17.5 Å². The number of hydrogen-bond acceptors (Lipinski definition) is 5. The highest BCUT2D eigenvalue weighted by molar-refractivity contribution is 6.11. The Morgan fingerprint density at radius 3 is 2.61 bits per heavy atom. The molecule has 0 bridgehead atoms. The van der Waals surface area contributed by atoms with Crippen molar-refractivity contribution in [3.8, 4) is 0 Å². The summed E-state index contributed by atoms with van der Waals surface area (Å²) in [4.78, 5) is 39.6. The number of carbonyl (C=O) groups is 2. The number of nitrogens with zero attached hydrogens (tertiary/aromatic N) is 1. The highest BCUT2D eigenvalue weighted by Crippen LogP contribution is 2.42. The lowest BCUT2D eigenvalue weighted by molar-refractivity contribution is -0.135. The van der Waals surface area contributed by atoms with Gasteiger partial charge in [-0.05, 0) is 24.6 Å². The molecule has 1 aliphatic rings. The minimum atomic E-state index is -2.00. The van der Waals surface area contributed by atoms with Crippen LogP contribution in [-0.2, 0) is 10.4 Å². The van der Waals surface area contributed by atoms with Gasteiger partial charge in [-0.15, -0.1) is 0 Å². The quantitative estimate of drug-likeness (QED) is 0.545. The van der Waals surface area contributed by atoms with Crippen LogP contribution in [0.3, 0.4) is 0 Å². The molecule has 0 aliphatic carbocycles. The van der Waals surface area contributed by atoms with E-state index in [1.54, 1.807) is 48.5 Å². The number of benzene rings is 2. The second kappa shape index (κ2) is 6.73. The van der Waals surface area contributed by atoms with Crippen LogP contribution in [0.4, 0.5) is 5.69 Å². The Hall–Kier alpha value is -3.25. The lowest BCUT2D eigenvalue weighted by Crippen LogP contribution is -2.42. The Bertz CT molecular complexity index is 1150. The predicted molar refractivity (Wildman–Crippen MR) is 104 cm³/mol. The summed E-state index contributed by atoms with van der Waals surface area (Å²) < 4.78 is 5.21. The van der Waals surface area contributed by atoms with E-state index in [-0.39, 0.29) is 5.56 Å². The molecule has 1 amide bonds. The standard InChI is InChI=1S/C22H19NO5/c1-2-11-23-17-9-5-4-8-16(17)22(27,21(23)26)13-18(24)15-12-14-7-3-6-10-19(14)28-20(15)25/h3-10,12,27H,2,11,13H2,1H3. The summed E-state index contributed by atoms with van der Waals surface area (Å²) in [5.74, 6) is -1.18. The van der Waals surface area contributed by atoms with Gasteiger partial charge in [0.25, 0.3) is 5.91 Å². The molecule has 0 spiro atoms. The molecular weight excluding hydrogens is 358 g/mol. The molecule has 1 unspecified atom stereocenters. The number of amides is 1. The van der Waals surface area contributed by atoms with Gasteiger partial charge >= 0.3 is 5.63 Å². The lowest BCUT2D eigenvalue weighted by Gasteiger charge is -2.22. The van der Waals surface area contributed by atoms with Crippen molar-refractivity contribution in [2.45, 2.75) is 25.4 Å². The summed E-state index contributed by atoms with van der Waals surface area (Å²) in [6, 6.07) is 15.2. The van der Waals surface area contributed by atoms with Crippen LogP contribution in [0.2, 0.25) is 0 Å². The number of carbonyl (C=O) groups excluding carboxylic acids is 2. The van der Waals surface area contributed by atoms with Crippen molar-refractivity contribution in [3.63, 3.8) is 0 Å². The minimum absolute atomic E-state index is 0.175. The van der Waals surface area contributed by atoms with Gasteiger partial charge < -0.3 is 14.4 Å². The summed E-state index contributed by atoms with van der Waals surface area (Å²) in [7, 11) is 0. The van der Waals surface area contributed by atoms with Gasteiger partial charge in [0.15, 0.2) is 11.4 Å². The van der Waals surface area contributed by atoms with Crippen molar-refractivity contribution in [1.82, 2.24) is 0 Å². The number of fused-ring (bicyclic) bond motifs is 2. The number of rotatable bonds is 5. The first-order chi connectivity index (χ1) is 13.5. The maximum absolute atomic E-state index is 13.0. The Kier molecular flexibility index (Phi) is 4.35. The number of para-hydroxylation sites is 2. The average molecular weight is 377 g/mol. The first-order valence-corrected chi connectivity index (χ1v) is 9.15. The van der Waals surface area contributed by atoms with E-state index in [4.69, 9.17) is 4.42 Å². The molecule has 6 nitrogen and oxygen atoms in total. The van der Waals surface area contributed by atoms with Crippen LogP contribution >= 0.6 is 0 Å². The van der Waals surface area contributed by atoms with Crippen LogP contribution in [0, 0.1) is 0 Å². The van der Waals surface area contributed by atoms with Crippen molar-refractivity contribution >= 4 is 28.3 Å². The minimum Gasteiger partial charge on any atom is -0.422 e. The van der Waals surface area contributed by atoms with Crippen LogP contribution < -0.4 is 10.5 Å². The van der Waals surface area contributed by atoms with Crippen molar-refractivity contribution in [1.29, 1.82) is 0 Å². The van der Waals surface area contributed by atoms with Gasteiger partial charge in [0.05, 0.1) is 12.1 Å². The zero-order chi connectivity index (χ0) is 19.9. The Morgan fingerprint density at radius 2 is 1.82 bits per heavy atom. The molecule has 28 heavy (non-hydrogen) atoms. The van der Waals surface area contributed by atoms with Crippen molar-refractivity contribution in [2.24, 2.45) is 0 Å². The molecule has 1 N–H and O–H groups in total. The third-order valence-corrected chi connectivity index (χ3v) is 5.04. The SMILES string of the molecule is CCCN1C(=O)C(O)(CC(=O)c2cc3ccccc3oc2=O)c2ccccc21. The van der Waals surface area contributed by atoms with Gasteiger partial charge in [-0.25, -0.2) is 4.79 Å². The molecule has 6 heteroatoms. The molecule has 0 saturated carbocycles. The third kappa shape index (κ3) is 2.73. The maximum Gasteiger partial charge on any atom is 0.347 e. The van der Waals surface area contributed by atoms with Gasteiger partial charge in [-0.1, -0.05) is 43.3 Å². The normalized spacial score (nSPS) is 18.5. The number of aliphatic hydroxyl groups is 1. The lowest BCUT2D eigenvalue weighted by atomic mass is 9.88. The fourth-order valence-corrected chi connectivity index (χ4v) is 3.71. The summed E-state index contributed by atoms with van der Waals surface area (Å²) in [5.41, 5.74) is -1.61. The van der Waals surface area contributed by atoms with E-state index in [0.29, 0.717) is 35.2 Å². The zero-order valence-corrected chi connectivity index (χ0v) is 15.3. The molecule has 1 aliphatic heterocycles. The first-order valence-electron chi connectivity index (χ1n) is 9.15. The molecule has 2 heterocycles. The second-order valence-electron chi connectivity index (χ2n) is 6.92. The Balaban J connectivity index is 1.74. The molecule has 1 aromatic heterocycles. The monoisotopic (exact) mass is 377 g/mol. The molecule has 0 saturated heterocycles. The summed E-state index contributed by atoms with van der Waals surface area (Å²) >= 11 is 0. The zero-order valence-electron chi connectivity index (χ0n) is 15.3. The Morgan fingerprint density at radius 1 is 1.11 bits per heavy atom. The van der Waals surface area contributed by atoms with E-state index in [0.717, 1.165) is 0 Å². The molecule has 0 fully saturated rings. The van der Waals surface area contributed by atoms with E-state index in [9.17, 15) is 19.5 Å². The van der Waals surface area contributed by atoms with Crippen LogP contribution in [0.25, 0.3) is 11.0 Å². The second-order valence-corrected chi connectivity index (χ2v) is 6.92. The molecular formula is C22H19NO5. The highest BCUT2D eigenvalue weighted by atomic mass is 16.4. The largest absolute Gasteiger partial charge is 0.422 e. The fraction of sp³-hybridized carbons (Fsp3) is 0.227. The Labute approximate surface area is 161 Å². The smallest absolute Gasteiger partial charge is 0.347 e. The third-order valence-electron chi connectivity index (χ3n) is 5.04. The van der Waals surface area contributed by atoms with Crippen molar-refractivity contribution in [3.05, 3.63) is 76.1 Å². The van der Waals surface area contributed by atoms with Gasteiger partial charge in [-0.3, -0.25) is 9.59 Å². The van der Waals surface area contributed by atoms with E-state index >= 15 is 0 Å². The van der Waals surface area contributed by atoms with Gasteiger partial charge in [0.2, 0.25) is 0 Å². The van der Waals surface area contributed by atoms with E-state index in [2.05, 4.69) is 0 Å². The highest BCUT2D eigenvalue weighted by Gasteiger charge is 2.50. The number of ketones is 1. The molecule has 1 atom stereocenters. The predicted octanol–water partition coefficient (Wildman–Crippen LogP) is 3.01. The summed E-state index contributed by atoms with van der Waals surface area (Å²) in [6.07, 6.45) is 0.185. The van der Waals surface area contributed by atoms with E-state index < -0.39 is 29.3 Å². The molecule has 142 valence electrons. The average Bonchev–Trinajstić information content (AvgIpc) is 2.90. The molecule has 2 aromatic carbocycles. The van der Waals surface area contributed by atoms with Crippen LogP contribution in [0.1, 0.15) is 35.7 Å². The van der Waals surface area contributed by atoms with Crippen molar-refractivity contribution in [2.75, 3.05) is 11.4 Å². The number of anilines is 1. The summed E-state index contributed by atoms with van der Waals surface area (Å²) in [6.45, 7) is 2.36. The topological polar surface area (TPSA) is 87.8 Å². The van der Waals surface area contributed by atoms with E-state index in [1.165, 1.54) is 11.0 Å².